The molecule has 0 radical (unpaired) electrons. The molecule has 1 rings (SSSR count). The maximum Gasteiger partial charge on any atom is 0.401 e. The summed E-state index contributed by atoms with van der Waals surface area (Å²) in [5.74, 6) is -0.372. The molecule has 0 spiro atoms. The summed E-state index contributed by atoms with van der Waals surface area (Å²) >= 11 is 0. The first-order chi connectivity index (χ1) is 9.75. The summed E-state index contributed by atoms with van der Waals surface area (Å²) in [7, 11) is 0. The quantitative estimate of drug-likeness (QED) is 0.720. The molecular weight excluding hydrogens is 283 g/mol. The number of hydrogen-bond donors (Lipinski definition) is 2. The molecular formula is C14H26F3N3O. The van der Waals surface area contributed by atoms with Gasteiger partial charge in [0.15, 0.2) is 0 Å². The van der Waals surface area contributed by atoms with Crippen LogP contribution in [0, 0.1) is 5.92 Å². The molecule has 2 atom stereocenters. The Morgan fingerprint density at radius 2 is 2.10 bits per heavy atom. The Kier molecular flexibility index (Phi) is 6.46. The second-order valence-electron chi connectivity index (χ2n) is 5.73. The molecule has 2 unspecified atom stereocenters. The van der Waals surface area contributed by atoms with Gasteiger partial charge < -0.3 is 11.1 Å². The van der Waals surface area contributed by atoms with Crippen LogP contribution in [0.15, 0.2) is 0 Å². The molecule has 3 N–H and O–H groups in total. The number of alkyl halides is 3. The van der Waals surface area contributed by atoms with Crippen molar-refractivity contribution in [2.75, 3.05) is 26.2 Å². The lowest BCUT2D eigenvalue weighted by Gasteiger charge is -2.34. The van der Waals surface area contributed by atoms with Gasteiger partial charge in [0.05, 0.1) is 6.54 Å². The van der Waals surface area contributed by atoms with Crippen LogP contribution in [0.3, 0.4) is 0 Å². The third kappa shape index (κ3) is 4.85. The zero-order valence-electron chi connectivity index (χ0n) is 12.8. The Morgan fingerprint density at radius 3 is 2.57 bits per heavy atom. The van der Waals surface area contributed by atoms with Crippen LogP contribution in [0.5, 0.6) is 0 Å². The molecule has 21 heavy (non-hydrogen) atoms. The second kappa shape index (κ2) is 7.45. The topological polar surface area (TPSA) is 58.4 Å². The fourth-order valence-corrected chi connectivity index (χ4v) is 3.37. The van der Waals surface area contributed by atoms with Crippen LogP contribution >= 0.6 is 0 Å². The van der Waals surface area contributed by atoms with Gasteiger partial charge in [0, 0.05) is 0 Å². The van der Waals surface area contributed by atoms with Gasteiger partial charge in [0.2, 0.25) is 5.91 Å². The summed E-state index contributed by atoms with van der Waals surface area (Å²) in [6.07, 6.45) is -1.24. The smallest absolute Gasteiger partial charge is 0.368 e. The number of nitrogens with two attached hydrogens (primary N) is 1. The predicted octanol–water partition coefficient (Wildman–Crippen LogP) is 1.89. The van der Waals surface area contributed by atoms with Crippen molar-refractivity contribution in [2.24, 2.45) is 11.7 Å². The predicted molar refractivity (Wildman–Crippen MR) is 75.7 cm³/mol. The van der Waals surface area contributed by atoms with Crippen molar-refractivity contribution in [2.45, 2.75) is 51.2 Å². The van der Waals surface area contributed by atoms with E-state index in [1.165, 1.54) is 4.90 Å². The number of halogens is 3. The van der Waals surface area contributed by atoms with Gasteiger partial charge in [-0.1, -0.05) is 20.3 Å². The Labute approximate surface area is 124 Å². The summed E-state index contributed by atoms with van der Waals surface area (Å²) in [5.41, 5.74) is 4.81. The van der Waals surface area contributed by atoms with E-state index >= 15 is 0 Å². The summed E-state index contributed by atoms with van der Waals surface area (Å²) in [6, 6.07) is 0. The highest BCUT2D eigenvalue weighted by atomic mass is 19.4. The van der Waals surface area contributed by atoms with Gasteiger partial charge in [-0.3, -0.25) is 9.69 Å². The summed E-state index contributed by atoms with van der Waals surface area (Å²) < 4.78 is 37.4. The number of likely N-dealkylation sites (N-methyl/N-ethyl adjacent to an activating group) is 1. The number of nitrogens with one attached hydrogen (secondary N) is 1. The van der Waals surface area contributed by atoms with E-state index in [9.17, 15) is 18.0 Å². The van der Waals surface area contributed by atoms with E-state index in [4.69, 9.17) is 5.73 Å². The molecule has 0 saturated heterocycles. The van der Waals surface area contributed by atoms with Crippen LogP contribution in [0.1, 0.15) is 39.5 Å². The molecule has 0 aromatic carbocycles. The van der Waals surface area contributed by atoms with E-state index in [1.807, 2.05) is 6.92 Å². The van der Waals surface area contributed by atoms with Crippen molar-refractivity contribution < 1.29 is 18.0 Å². The molecule has 1 amide bonds. The van der Waals surface area contributed by atoms with Gasteiger partial charge >= 0.3 is 6.18 Å². The first kappa shape index (κ1) is 18.2. The fourth-order valence-electron chi connectivity index (χ4n) is 3.37. The van der Waals surface area contributed by atoms with Crippen molar-refractivity contribution >= 4 is 5.91 Å². The monoisotopic (exact) mass is 309 g/mol. The van der Waals surface area contributed by atoms with E-state index in [1.54, 1.807) is 6.92 Å². The number of carbonyl (C=O) groups excluding carboxylic acids is 1. The molecule has 4 nitrogen and oxygen atoms in total. The van der Waals surface area contributed by atoms with Crippen LogP contribution in [0.2, 0.25) is 0 Å². The van der Waals surface area contributed by atoms with Gasteiger partial charge in [-0.2, -0.15) is 13.2 Å². The lowest BCUT2D eigenvalue weighted by Crippen LogP contribution is -2.58. The van der Waals surface area contributed by atoms with E-state index < -0.39 is 18.3 Å². The highest BCUT2D eigenvalue weighted by Crippen LogP contribution is 2.38. The Hall–Kier alpha value is -0.820. The van der Waals surface area contributed by atoms with Gasteiger partial charge in [-0.05, 0) is 44.8 Å². The zero-order valence-corrected chi connectivity index (χ0v) is 12.8. The maximum atomic E-state index is 12.5. The number of amides is 1. The highest BCUT2D eigenvalue weighted by Gasteiger charge is 2.46. The van der Waals surface area contributed by atoms with Crippen LogP contribution in [-0.4, -0.2) is 48.7 Å². The van der Waals surface area contributed by atoms with Crippen LogP contribution in [0.4, 0.5) is 13.2 Å². The van der Waals surface area contributed by atoms with Crippen LogP contribution in [-0.2, 0) is 4.79 Å². The molecule has 124 valence electrons. The first-order valence-electron chi connectivity index (χ1n) is 7.59. The number of nitrogens with zero attached hydrogens (tertiary/aromatic N) is 1. The zero-order chi connectivity index (χ0) is 16.1. The van der Waals surface area contributed by atoms with E-state index in [-0.39, 0.29) is 11.8 Å². The fraction of sp³-hybridized carbons (Fsp3) is 0.929. The standard InChI is InChI=1S/C14H26F3N3O/c1-3-19-13(12(18)21)8-5-6-11(13)7-9-20(4-2)10-14(15,16)17/h11,19H,3-10H2,1-2H3,(H2,18,21). The molecule has 0 aromatic rings. The highest BCUT2D eigenvalue weighted by molar-refractivity contribution is 5.85. The maximum absolute atomic E-state index is 12.5. The second-order valence-corrected chi connectivity index (χ2v) is 5.73. The number of carbonyl (C=O) groups is 1. The van der Waals surface area contributed by atoms with Crippen LogP contribution in [0.25, 0.3) is 0 Å². The van der Waals surface area contributed by atoms with Gasteiger partial charge in [-0.15, -0.1) is 0 Å². The normalized spacial score (nSPS) is 26.5. The average molecular weight is 309 g/mol. The Balaban J connectivity index is 2.65. The van der Waals surface area contributed by atoms with Gasteiger partial charge in [0.25, 0.3) is 0 Å². The Bertz CT molecular complexity index is 349. The molecule has 0 bridgehead atoms. The SMILES string of the molecule is CCNC1(C(N)=O)CCCC1CCN(CC)CC(F)(F)F. The molecule has 0 aliphatic heterocycles. The average Bonchev–Trinajstić information content (AvgIpc) is 2.78. The molecule has 0 aromatic heterocycles. The van der Waals surface area contributed by atoms with Crippen molar-refractivity contribution in [1.29, 1.82) is 0 Å². The number of primary amides is 1. The molecule has 7 heteroatoms. The molecule has 1 aliphatic carbocycles. The first-order valence-corrected chi connectivity index (χ1v) is 7.59. The third-order valence-corrected chi connectivity index (χ3v) is 4.40. The molecule has 1 saturated carbocycles. The largest absolute Gasteiger partial charge is 0.401 e. The van der Waals surface area contributed by atoms with Crippen molar-refractivity contribution in [3.05, 3.63) is 0 Å². The minimum absolute atomic E-state index is 0.0113. The number of hydrogen-bond acceptors (Lipinski definition) is 3. The molecule has 1 aliphatic rings. The summed E-state index contributed by atoms with van der Waals surface area (Å²) in [6.45, 7) is 4.02. The molecule has 1 fully saturated rings. The van der Waals surface area contributed by atoms with E-state index in [0.29, 0.717) is 32.5 Å². The van der Waals surface area contributed by atoms with Gasteiger partial charge in [-0.25, -0.2) is 0 Å². The van der Waals surface area contributed by atoms with Gasteiger partial charge in [0.1, 0.15) is 5.54 Å². The lowest BCUT2D eigenvalue weighted by atomic mass is 9.83. The van der Waals surface area contributed by atoms with Crippen molar-refractivity contribution in [3.8, 4) is 0 Å². The van der Waals surface area contributed by atoms with E-state index in [0.717, 1.165) is 12.8 Å². The lowest BCUT2D eigenvalue weighted by molar-refractivity contribution is -0.146. The number of rotatable bonds is 8. The minimum Gasteiger partial charge on any atom is -0.368 e. The third-order valence-electron chi connectivity index (χ3n) is 4.40. The van der Waals surface area contributed by atoms with E-state index in [2.05, 4.69) is 5.32 Å². The van der Waals surface area contributed by atoms with Crippen LogP contribution < -0.4 is 11.1 Å². The van der Waals surface area contributed by atoms with Crippen molar-refractivity contribution in [1.82, 2.24) is 10.2 Å². The molecule has 0 heterocycles. The summed E-state index contributed by atoms with van der Waals surface area (Å²) in [4.78, 5) is 13.2. The minimum atomic E-state index is -4.19. The van der Waals surface area contributed by atoms with Crippen molar-refractivity contribution in [3.63, 3.8) is 0 Å². The summed E-state index contributed by atoms with van der Waals surface area (Å²) in [5, 5.41) is 3.18. The Morgan fingerprint density at radius 1 is 1.43 bits per heavy atom.